The van der Waals surface area contributed by atoms with Crippen LogP contribution in [0.25, 0.3) is 11.3 Å². The molecule has 0 spiro atoms. The van der Waals surface area contributed by atoms with Crippen molar-refractivity contribution in [1.29, 1.82) is 0 Å². The monoisotopic (exact) mass is 275 g/mol. The van der Waals surface area contributed by atoms with E-state index in [9.17, 15) is 4.79 Å². The summed E-state index contributed by atoms with van der Waals surface area (Å²) >= 11 is 0. The van der Waals surface area contributed by atoms with Crippen molar-refractivity contribution in [2.24, 2.45) is 0 Å². The van der Waals surface area contributed by atoms with Gasteiger partial charge in [-0.15, -0.1) is 0 Å². The topological polar surface area (TPSA) is 79.4 Å². The fourth-order valence-corrected chi connectivity index (χ4v) is 2.04. The highest BCUT2D eigenvalue weighted by Crippen LogP contribution is 2.35. The Morgan fingerprint density at radius 2 is 2.10 bits per heavy atom. The van der Waals surface area contributed by atoms with Crippen molar-refractivity contribution in [1.82, 2.24) is 9.78 Å². The van der Waals surface area contributed by atoms with E-state index in [1.165, 1.54) is 0 Å². The summed E-state index contributed by atoms with van der Waals surface area (Å²) in [4.78, 5) is 11.3. The number of anilines is 1. The second-order valence-corrected chi connectivity index (χ2v) is 4.15. The lowest BCUT2D eigenvalue weighted by Crippen LogP contribution is -2.02. The number of aryl methyl sites for hydroxylation is 1. The van der Waals surface area contributed by atoms with Crippen LogP contribution in [0.4, 0.5) is 5.82 Å². The normalized spacial score (nSPS) is 10.3. The molecule has 1 aromatic heterocycles. The Kier molecular flexibility index (Phi) is 3.93. The summed E-state index contributed by atoms with van der Waals surface area (Å²) in [6.45, 7) is 2.49. The zero-order valence-corrected chi connectivity index (χ0v) is 11.7. The molecule has 2 rings (SSSR count). The fourth-order valence-electron chi connectivity index (χ4n) is 2.04. The fraction of sp³-hybridized carbons (Fsp3) is 0.286. The van der Waals surface area contributed by atoms with Gasteiger partial charge < -0.3 is 15.2 Å². The van der Waals surface area contributed by atoms with E-state index in [0.29, 0.717) is 47.0 Å². The van der Waals surface area contributed by atoms with Crippen LogP contribution in [0.3, 0.4) is 0 Å². The standard InChI is InChI=1S/C14H17N3O3/c1-4-17-14(15)11(8-18)13(16-17)10-7-9(19-2)5-6-12(10)20-3/h5-8H,4,15H2,1-3H3. The number of hydrogen-bond acceptors (Lipinski definition) is 5. The molecule has 6 heteroatoms. The van der Waals surface area contributed by atoms with Crippen molar-refractivity contribution in [2.45, 2.75) is 13.5 Å². The van der Waals surface area contributed by atoms with E-state index < -0.39 is 0 Å². The second kappa shape index (κ2) is 5.64. The Morgan fingerprint density at radius 1 is 1.35 bits per heavy atom. The van der Waals surface area contributed by atoms with Gasteiger partial charge in [-0.2, -0.15) is 5.10 Å². The molecule has 0 fully saturated rings. The first-order valence-corrected chi connectivity index (χ1v) is 6.20. The van der Waals surface area contributed by atoms with Gasteiger partial charge >= 0.3 is 0 Å². The molecule has 1 heterocycles. The zero-order chi connectivity index (χ0) is 14.7. The average molecular weight is 275 g/mol. The molecule has 20 heavy (non-hydrogen) atoms. The number of ether oxygens (including phenoxy) is 2. The number of carbonyl (C=O) groups excluding carboxylic acids is 1. The molecule has 0 unspecified atom stereocenters. The third kappa shape index (κ3) is 2.20. The lowest BCUT2D eigenvalue weighted by Gasteiger charge is -2.09. The van der Waals surface area contributed by atoms with Gasteiger partial charge in [0.25, 0.3) is 0 Å². The molecule has 0 saturated carbocycles. The molecule has 0 bridgehead atoms. The smallest absolute Gasteiger partial charge is 0.156 e. The Bertz CT molecular complexity index is 635. The molecule has 0 aliphatic carbocycles. The minimum absolute atomic E-state index is 0.349. The summed E-state index contributed by atoms with van der Waals surface area (Å²) in [5.41, 5.74) is 7.45. The summed E-state index contributed by atoms with van der Waals surface area (Å²) in [6, 6.07) is 5.32. The van der Waals surface area contributed by atoms with E-state index in [0.717, 1.165) is 0 Å². The molecule has 6 nitrogen and oxygen atoms in total. The first-order chi connectivity index (χ1) is 9.65. The average Bonchev–Trinajstić information content (AvgIpc) is 2.82. The minimum atomic E-state index is 0.349. The number of nitrogen functional groups attached to an aromatic ring is 1. The van der Waals surface area contributed by atoms with Gasteiger partial charge in [0, 0.05) is 12.1 Å². The largest absolute Gasteiger partial charge is 0.497 e. The molecule has 0 atom stereocenters. The van der Waals surface area contributed by atoms with Crippen LogP contribution in [0.5, 0.6) is 11.5 Å². The number of aldehydes is 1. The van der Waals surface area contributed by atoms with Gasteiger partial charge in [-0.25, -0.2) is 4.68 Å². The predicted molar refractivity (Wildman–Crippen MR) is 76.2 cm³/mol. The summed E-state index contributed by atoms with van der Waals surface area (Å²) in [6.07, 6.45) is 0.711. The van der Waals surface area contributed by atoms with Crippen LogP contribution in [0.15, 0.2) is 18.2 Å². The lowest BCUT2D eigenvalue weighted by molar-refractivity contribution is 0.112. The van der Waals surface area contributed by atoms with Gasteiger partial charge in [0.05, 0.1) is 19.8 Å². The van der Waals surface area contributed by atoms with Crippen molar-refractivity contribution >= 4 is 12.1 Å². The molecule has 0 aliphatic rings. The molecule has 106 valence electrons. The number of benzene rings is 1. The van der Waals surface area contributed by atoms with Crippen LogP contribution in [0.2, 0.25) is 0 Å². The van der Waals surface area contributed by atoms with Crippen LogP contribution >= 0.6 is 0 Å². The Balaban J connectivity index is 2.69. The van der Waals surface area contributed by atoms with Crippen LogP contribution in [-0.2, 0) is 6.54 Å². The van der Waals surface area contributed by atoms with Gasteiger partial charge in [-0.3, -0.25) is 4.79 Å². The zero-order valence-electron chi connectivity index (χ0n) is 11.7. The summed E-state index contributed by atoms with van der Waals surface area (Å²) < 4.78 is 12.1. The Morgan fingerprint density at radius 3 is 2.65 bits per heavy atom. The number of aromatic nitrogens is 2. The molecule has 1 aromatic carbocycles. The quantitative estimate of drug-likeness (QED) is 0.844. The van der Waals surface area contributed by atoms with Crippen LogP contribution in [0.1, 0.15) is 17.3 Å². The van der Waals surface area contributed by atoms with Crippen molar-refractivity contribution in [3.63, 3.8) is 0 Å². The van der Waals surface area contributed by atoms with Crippen molar-refractivity contribution < 1.29 is 14.3 Å². The van der Waals surface area contributed by atoms with E-state index in [1.807, 2.05) is 6.92 Å². The highest BCUT2D eigenvalue weighted by Gasteiger charge is 2.19. The first-order valence-electron chi connectivity index (χ1n) is 6.20. The van der Waals surface area contributed by atoms with E-state index in [2.05, 4.69) is 5.10 Å². The molecular formula is C14H17N3O3. The highest BCUT2D eigenvalue weighted by molar-refractivity contribution is 5.93. The first kappa shape index (κ1) is 13.9. The molecule has 2 N–H and O–H groups in total. The maximum absolute atomic E-state index is 11.3. The van der Waals surface area contributed by atoms with Gasteiger partial charge in [0.15, 0.2) is 6.29 Å². The van der Waals surface area contributed by atoms with E-state index in [1.54, 1.807) is 37.1 Å². The highest BCUT2D eigenvalue weighted by atomic mass is 16.5. The van der Waals surface area contributed by atoms with Gasteiger partial charge in [0.1, 0.15) is 23.0 Å². The number of nitrogens with zero attached hydrogens (tertiary/aromatic N) is 2. The van der Waals surface area contributed by atoms with E-state index in [4.69, 9.17) is 15.2 Å². The molecule has 2 aromatic rings. The Labute approximate surface area is 117 Å². The van der Waals surface area contributed by atoms with Gasteiger partial charge in [-0.1, -0.05) is 0 Å². The summed E-state index contributed by atoms with van der Waals surface area (Å²) in [5, 5.41) is 4.38. The number of methoxy groups -OCH3 is 2. The molecule has 0 radical (unpaired) electrons. The van der Waals surface area contributed by atoms with Crippen molar-refractivity contribution in [3.8, 4) is 22.8 Å². The minimum Gasteiger partial charge on any atom is -0.497 e. The second-order valence-electron chi connectivity index (χ2n) is 4.15. The van der Waals surface area contributed by atoms with Gasteiger partial charge in [-0.05, 0) is 25.1 Å². The molecular weight excluding hydrogens is 258 g/mol. The SMILES string of the molecule is CCn1nc(-c2cc(OC)ccc2OC)c(C=O)c1N. The number of nitrogens with two attached hydrogens (primary N) is 1. The van der Waals surface area contributed by atoms with Crippen LogP contribution in [-0.4, -0.2) is 30.3 Å². The number of rotatable bonds is 5. The maximum atomic E-state index is 11.3. The predicted octanol–water partition coefficient (Wildman–Crippen LogP) is 1.98. The third-order valence-corrected chi connectivity index (χ3v) is 3.11. The lowest BCUT2D eigenvalue weighted by atomic mass is 10.1. The van der Waals surface area contributed by atoms with Crippen molar-refractivity contribution in [3.05, 3.63) is 23.8 Å². The van der Waals surface area contributed by atoms with E-state index in [-0.39, 0.29) is 0 Å². The summed E-state index contributed by atoms with van der Waals surface area (Å²) in [7, 11) is 3.14. The maximum Gasteiger partial charge on any atom is 0.156 e. The van der Waals surface area contributed by atoms with Gasteiger partial charge in [0.2, 0.25) is 0 Å². The van der Waals surface area contributed by atoms with Crippen LogP contribution in [0, 0.1) is 0 Å². The molecule has 0 aliphatic heterocycles. The Hall–Kier alpha value is -2.50. The number of hydrogen-bond donors (Lipinski definition) is 1. The van der Waals surface area contributed by atoms with E-state index >= 15 is 0 Å². The number of carbonyl (C=O) groups is 1. The third-order valence-electron chi connectivity index (χ3n) is 3.11. The summed E-state index contributed by atoms with van der Waals surface area (Å²) in [5.74, 6) is 1.61. The van der Waals surface area contributed by atoms with Crippen molar-refractivity contribution in [2.75, 3.05) is 20.0 Å². The molecule has 0 amide bonds. The molecule has 0 saturated heterocycles. The van der Waals surface area contributed by atoms with Crippen LogP contribution < -0.4 is 15.2 Å².